The third-order valence-corrected chi connectivity index (χ3v) is 7.07. The molecule has 0 saturated heterocycles. The van der Waals surface area contributed by atoms with Gasteiger partial charge in [0, 0.05) is 11.1 Å². The van der Waals surface area contributed by atoms with Crippen molar-refractivity contribution in [2.24, 2.45) is 0 Å². The summed E-state index contributed by atoms with van der Waals surface area (Å²) in [5.41, 5.74) is -1.79. The number of ketones is 2. The fourth-order valence-corrected chi connectivity index (χ4v) is 5.26. The Hall–Kier alpha value is -5.84. The van der Waals surface area contributed by atoms with E-state index in [0.29, 0.717) is 32.7 Å². The van der Waals surface area contributed by atoms with E-state index in [1.807, 2.05) is 0 Å². The molecule has 0 radical (unpaired) electrons. The number of hydrogen-bond acceptors (Lipinski definition) is 11. The van der Waals surface area contributed by atoms with E-state index < -0.39 is 34.4 Å². The molecular weight excluding hydrogens is 524 g/mol. The lowest BCUT2D eigenvalue weighted by atomic mass is 9.94. The monoisotopic (exact) mass is 534 g/mol. The maximum atomic E-state index is 11.9. The van der Waals surface area contributed by atoms with Crippen LogP contribution < -0.4 is 22.5 Å². The highest BCUT2D eigenvalue weighted by Crippen LogP contribution is 2.35. The van der Waals surface area contributed by atoms with E-state index in [-0.39, 0.29) is 50.7 Å². The molecule has 0 amide bonds. The lowest BCUT2D eigenvalue weighted by molar-refractivity contribution is 0.0444. The first-order valence-corrected chi connectivity index (χ1v) is 11.7. The molecule has 192 valence electrons. The van der Waals surface area contributed by atoms with Crippen LogP contribution in [-0.4, -0.2) is 23.5 Å². The normalized spacial score (nSPS) is 14.2. The van der Waals surface area contributed by atoms with Crippen molar-refractivity contribution in [1.82, 2.24) is 0 Å². The van der Waals surface area contributed by atoms with E-state index in [1.165, 1.54) is 36.4 Å². The van der Waals surface area contributed by atoms with Gasteiger partial charge in [-0.3, -0.25) is 9.59 Å². The second-order valence-corrected chi connectivity index (χ2v) is 9.27. The molecule has 4 aromatic carbocycles. The molecule has 8 rings (SSSR count). The van der Waals surface area contributed by atoms with Gasteiger partial charge in [0.25, 0.3) is 0 Å². The molecular formula is C29H10O11. The van der Waals surface area contributed by atoms with Crippen LogP contribution in [0.25, 0.3) is 43.1 Å². The zero-order chi connectivity index (χ0) is 28.0. The standard InChI is InChI=1S/C15H6O5.C14H4O6/c16-10-5-11(17)12-6-2-4-9-13(15(19)20-14(9)18)7(6)1-3-8(10)12;15-11-7-1-5-2-9-10(14(18)20-13(9)17)4-6(5)3-8(7)12(16)19-11/h1-4H,5H2;1-4H. The molecule has 0 bridgehead atoms. The number of cyclic esters (lactones) is 2. The SMILES string of the molecule is O=C1CC(=O)c2c1ccc1c3c(ccc21)C(=O)OC3=O.O=c1oc(=O)c2cc3cc4c(=O)oc(=O)c4cc3cc12. The van der Waals surface area contributed by atoms with Crippen LogP contribution in [0.5, 0.6) is 0 Å². The van der Waals surface area contributed by atoms with Crippen molar-refractivity contribution >= 4 is 66.6 Å². The summed E-state index contributed by atoms with van der Waals surface area (Å²) in [7, 11) is 0. The number of rotatable bonds is 0. The number of Topliss-reactive ketones (excluding diaryl/α,β-unsaturated/α-hetero) is 2. The second kappa shape index (κ2) is 7.84. The summed E-state index contributed by atoms with van der Waals surface area (Å²) < 4.78 is 13.6. The van der Waals surface area contributed by atoms with Crippen molar-refractivity contribution in [2.45, 2.75) is 6.42 Å². The predicted octanol–water partition coefficient (Wildman–Crippen LogP) is 2.57. The second-order valence-electron chi connectivity index (χ2n) is 9.27. The average Bonchev–Trinajstić information content (AvgIpc) is 3.58. The Labute approximate surface area is 218 Å². The van der Waals surface area contributed by atoms with Gasteiger partial charge in [-0.05, 0) is 57.9 Å². The predicted molar refractivity (Wildman–Crippen MR) is 138 cm³/mol. The van der Waals surface area contributed by atoms with E-state index in [9.17, 15) is 38.4 Å². The third kappa shape index (κ3) is 3.11. The Kier molecular flexibility index (Phi) is 4.56. The molecule has 0 atom stereocenters. The number of esters is 2. The summed E-state index contributed by atoms with van der Waals surface area (Å²) in [6.45, 7) is 0. The van der Waals surface area contributed by atoms with Crippen LogP contribution in [0.1, 0.15) is 47.9 Å². The lowest BCUT2D eigenvalue weighted by Crippen LogP contribution is -1.99. The number of carbonyl (C=O) groups excluding carboxylic acids is 4. The summed E-state index contributed by atoms with van der Waals surface area (Å²) in [5, 5.41) is 2.71. The molecule has 1 aliphatic heterocycles. The fraction of sp³-hybridized carbons (Fsp3) is 0.0345. The first kappa shape index (κ1) is 23.3. The number of ether oxygens (including phenoxy) is 1. The van der Waals surface area contributed by atoms with Gasteiger partial charge in [0.15, 0.2) is 11.6 Å². The molecule has 11 heteroatoms. The summed E-state index contributed by atoms with van der Waals surface area (Å²) >= 11 is 0. The molecule has 2 aliphatic rings. The van der Waals surface area contributed by atoms with Gasteiger partial charge < -0.3 is 13.6 Å². The van der Waals surface area contributed by atoms with Gasteiger partial charge in [-0.1, -0.05) is 12.1 Å². The van der Waals surface area contributed by atoms with Crippen LogP contribution in [-0.2, 0) is 4.74 Å². The molecule has 1 aliphatic carbocycles. The highest BCUT2D eigenvalue weighted by atomic mass is 16.6. The molecule has 0 fully saturated rings. The Morgan fingerprint density at radius 3 is 1.40 bits per heavy atom. The zero-order valence-corrected chi connectivity index (χ0v) is 19.8. The van der Waals surface area contributed by atoms with Crippen molar-refractivity contribution in [1.29, 1.82) is 0 Å². The van der Waals surface area contributed by atoms with E-state index in [2.05, 4.69) is 13.6 Å². The minimum Gasteiger partial charge on any atom is -0.386 e. The molecule has 2 aromatic heterocycles. The summed E-state index contributed by atoms with van der Waals surface area (Å²) in [6.07, 6.45) is -0.144. The number of hydrogen-bond donors (Lipinski definition) is 0. The molecule has 0 unspecified atom stereocenters. The van der Waals surface area contributed by atoms with Gasteiger partial charge >= 0.3 is 34.4 Å². The van der Waals surface area contributed by atoms with Gasteiger partial charge in [0.2, 0.25) is 0 Å². The largest absolute Gasteiger partial charge is 0.386 e. The van der Waals surface area contributed by atoms with Crippen molar-refractivity contribution < 1.29 is 32.7 Å². The van der Waals surface area contributed by atoms with Gasteiger partial charge in [0.05, 0.1) is 39.1 Å². The number of benzene rings is 4. The first-order chi connectivity index (χ1) is 19.1. The Morgan fingerprint density at radius 2 is 0.900 bits per heavy atom. The number of fused-ring (bicyclic) bond motifs is 8. The maximum absolute atomic E-state index is 11.9. The molecule has 3 heterocycles. The van der Waals surface area contributed by atoms with Crippen LogP contribution in [0.2, 0.25) is 0 Å². The van der Waals surface area contributed by atoms with Gasteiger partial charge in [-0.15, -0.1) is 0 Å². The van der Waals surface area contributed by atoms with Crippen molar-refractivity contribution in [2.75, 3.05) is 0 Å². The Bertz CT molecular complexity index is 2170. The van der Waals surface area contributed by atoms with Gasteiger partial charge in [-0.25, -0.2) is 28.8 Å². The molecule has 11 nitrogen and oxygen atoms in total. The third-order valence-electron chi connectivity index (χ3n) is 7.07. The van der Waals surface area contributed by atoms with Crippen molar-refractivity contribution in [3.63, 3.8) is 0 Å². The molecule has 0 spiro atoms. The highest BCUT2D eigenvalue weighted by molar-refractivity contribution is 6.31. The summed E-state index contributed by atoms with van der Waals surface area (Å²) in [6, 6.07) is 12.0. The fourth-order valence-electron chi connectivity index (χ4n) is 5.26. The van der Waals surface area contributed by atoms with Crippen LogP contribution in [0.15, 0.2) is 76.5 Å². The van der Waals surface area contributed by atoms with Gasteiger partial charge in [-0.2, -0.15) is 0 Å². The minimum absolute atomic E-state index is 0.144. The van der Waals surface area contributed by atoms with Crippen molar-refractivity contribution in [3.8, 4) is 0 Å². The van der Waals surface area contributed by atoms with Crippen LogP contribution >= 0.6 is 0 Å². The summed E-state index contributed by atoms with van der Waals surface area (Å²) in [4.78, 5) is 92.8. The molecule has 0 N–H and O–H groups in total. The minimum atomic E-state index is -0.717. The van der Waals surface area contributed by atoms with E-state index in [4.69, 9.17) is 0 Å². The molecule has 6 aromatic rings. The number of carbonyl (C=O) groups is 4. The Morgan fingerprint density at radius 1 is 0.450 bits per heavy atom. The van der Waals surface area contributed by atoms with Crippen molar-refractivity contribution in [3.05, 3.63) is 112 Å². The highest BCUT2D eigenvalue weighted by Gasteiger charge is 2.35. The molecule has 40 heavy (non-hydrogen) atoms. The average molecular weight is 534 g/mol. The number of furan rings is 2. The molecule has 0 saturated carbocycles. The van der Waals surface area contributed by atoms with Crippen LogP contribution in [0, 0.1) is 0 Å². The quantitative estimate of drug-likeness (QED) is 0.207. The van der Waals surface area contributed by atoms with E-state index in [1.54, 1.807) is 12.1 Å². The van der Waals surface area contributed by atoms with Crippen LogP contribution in [0.3, 0.4) is 0 Å². The Balaban J connectivity index is 0.000000132. The first-order valence-electron chi connectivity index (χ1n) is 11.7. The van der Waals surface area contributed by atoms with E-state index in [0.717, 1.165) is 0 Å². The van der Waals surface area contributed by atoms with Crippen LogP contribution in [0.4, 0.5) is 0 Å². The van der Waals surface area contributed by atoms with Gasteiger partial charge in [0.1, 0.15) is 0 Å². The maximum Gasteiger partial charge on any atom is 0.347 e. The smallest absolute Gasteiger partial charge is 0.347 e. The van der Waals surface area contributed by atoms with E-state index >= 15 is 0 Å². The lowest BCUT2D eigenvalue weighted by Gasteiger charge is -2.05. The topological polar surface area (TPSA) is 172 Å². The zero-order valence-electron chi connectivity index (χ0n) is 19.8. The summed E-state index contributed by atoms with van der Waals surface area (Å²) in [5.74, 6) is -1.87.